The molecule has 0 aliphatic heterocycles. The molecule has 1 aromatic carbocycles. The molecule has 0 aliphatic carbocycles. The van der Waals surface area contributed by atoms with Gasteiger partial charge in [0.25, 0.3) is 0 Å². The van der Waals surface area contributed by atoms with Gasteiger partial charge in [0.15, 0.2) is 0 Å². The van der Waals surface area contributed by atoms with E-state index in [0.29, 0.717) is 10.6 Å². The maximum Gasteiger partial charge on any atom is 0.341 e. The average molecular weight is 278 g/mol. The number of benzene rings is 1. The van der Waals surface area contributed by atoms with Crippen LogP contribution in [0.5, 0.6) is 0 Å². The van der Waals surface area contributed by atoms with Gasteiger partial charge in [-0.25, -0.2) is 4.79 Å². The standard InChI is InChI=1S/C15H16ClNO2/c1-4-17-10(2)12(15(18)19-3)13(16)14(17)11-8-6-5-7-9-11/h5-9H,4H2,1-3H3. The summed E-state index contributed by atoms with van der Waals surface area (Å²) >= 11 is 6.40. The van der Waals surface area contributed by atoms with Crippen molar-refractivity contribution >= 4 is 17.6 Å². The third-order valence-electron chi connectivity index (χ3n) is 3.22. The molecule has 1 heterocycles. The summed E-state index contributed by atoms with van der Waals surface area (Å²) in [6.45, 7) is 4.65. The van der Waals surface area contributed by atoms with Crippen molar-refractivity contribution in [3.05, 3.63) is 46.6 Å². The van der Waals surface area contributed by atoms with Gasteiger partial charge in [-0.2, -0.15) is 0 Å². The topological polar surface area (TPSA) is 31.2 Å². The van der Waals surface area contributed by atoms with E-state index in [2.05, 4.69) is 0 Å². The number of rotatable bonds is 3. The minimum Gasteiger partial charge on any atom is -0.465 e. The molecule has 0 saturated heterocycles. The zero-order valence-electron chi connectivity index (χ0n) is 11.2. The van der Waals surface area contributed by atoms with E-state index >= 15 is 0 Å². The smallest absolute Gasteiger partial charge is 0.341 e. The second-order valence-corrected chi connectivity index (χ2v) is 4.60. The molecular weight excluding hydrogens is 262 g/mol. The third kappa shape index (κ3) is 2.26. The summed E-state index contributed by atoms with van der Waals surface area (Å²) in [5.41, 5.74) is 3.14. The molecule has 4 heteroatoms. The number of carbonyl (C=O) groups excluding carboxylic acids is 1. The number of nitrogens with zero attached hydrogens (tertiary/aromatic N) is 1. The maximum atomic E-state index is 11.8. The monoisotopic (exact) mass is 277 g/mol. The molecule has 2 rings (SSSR count). The first kappa shape index (κ1) is 13.7. The summed E-state index contributed by atoms with van der Waals surface area (Å²) in [4.78, 5) is 11.8. The number of aromatic nitrogens is 1. The predicted octanol–water partition coefficient (Wildman–Crippen LogP) is 3.92. The van der Waals surface area contributed by atoms with Gasteiger partial charge in [0.2, 0.25) is 0 Å². The Morgan fingerprint density at radius 1 is 1.32 bits per heavy atom. The number of esters is 1. The number of halogens is 1. The fourth-order valence-electron chi connectivity index (χ4n) is 2.31. The number of methoxy groups -OCH3 is 1. The highest BCUT2D eigenvalue weighted by Crippen LogP contribution is 2.35. The summed E-state index contributed by atoms with van der Waals surface area (Å²) in [6.07, 6.45) is 0. The molecule has 0 N–H and O–H groups in total. The van der Waals surface area contributed by atoms with Crippen LogP contribution in [0.4, 0.5) is 0 Å². The first-order chi connectivity index (χ1) is 9.11. The molecule has 0 aliphatic rings. The van der Waals surface area contributed by atoms with E-state index in [-0.39, 0.29) is 0 Å². The van der Waals surface area contributed by atoms with Gasteiger partial charge < -0.3 is 9.30 Å². The molecule has 3 nitrogen and oxygen atoms in total. The summed E-state index contributed by atoms with van der Waals surface area (Å²) in [5, 5.41) is 0.456. The Bertz CT molecular complexity index is 602. The normalized spacial score (nSPS) is 10.5. The highest BCUT2D eigenvalue weighted by atomic mass is 35.5. The van der Waals surface area contributed by atoms with Crippen LogP contribution in [0, 0.1) is 6.92 Å². The van der Waals surface area contributed by atoms with E-state index in [1.807, 2.05) is 48.7 Å². The van der Waals surface area contributed by atoms with E-state index in [1.54, 1.807) is 0 Å². The van der Waals surface area contributed by atoms with E-state index in [0.717, 1.165) is 23.5 Å². The number of carbonyl (C=O) groups is 1. The third-order valence-corrected chi connectivity index (χ3v) is 3.58. The van der Waals surface area contributed by atoms with Gasteiger partial charge in [-0.05, 0) is 19.4 Å². The maximum absolute atomic E-state index is 11.8. The van der Waals surface area contributed by atoms with Crippen molar-refractivity contribution in [1.82, 2.24) is 4.57 Å². The highest BCUT2D eigenvalue weighted by molar-refractivity contribution is 6.36. The molecule has 0 atom stereocenters. The Hall–Kier alpha value is -1.74. The van der Waals surface area contributed by atoms with E-state index in [1.165, 1.54) is 7.11 Å². The second kappa shape index (κ2) is 5.49. The van der Waals surface area contributed by atoms with Crippen LogP contribution in [-0.4, -0.2) is 17.6 Å². The lowest BCUT2D eigenvalue weighted by molar-refractivity contribution is 0.0600. The van der Waals surface area contributed by atoms with Crippen molar-refractivity contribution in [1.29, 1.82) is 0 Å². The van der Waals surface area contributed by atoms with Crippen molar-refractivity contribution in [2.24, 2.45) is 0 Å². The van der Waals surface area contributed by atoms with Gasteiger partial charge in [0, 0.05) is 12.2 Å². The molecule has 0 bridgehead atoms. The zero-order valence-corrected chi connectivity index (χ0v) is 12.0. The molecule has 0 radical (unpaired) electrons. The van der Waals surface area contributed by atoms with Crippen LogP contribution in [0.15, 0.2) is 30.3 Å². The van der Waals surface area contributed by atoms with Gasteiger partial charge in [-0.1, -0.05) is 41.9 Å². The van der Waals surface area contributed by atoms with E-state index in [9.17, 15) is 4.79 Å². The van der Waals surface area contributed by atoms with Crippen LogP contribution in [0.1, 0.15) is 23.0 Å². The zero-order chi connectivity index (χ0) is 14.0. The quantitative estimate of drug-likeness (QED) is 0.796. The molecular formula is C15H16ClNO2. The Labute approximate surface area is 117 Å². The Kier molecular flexibility index (Phi) is 3.96. The van der Waals surface area contributed by atoms with Gasteiger partial charge in [-0.15, -0.1) is 0 Å². The lowest BCUT2D eigenvalue weighted by Gasteiger charge is -2.09. The molecule has 0 saturated carbocycles. The van der Waals surface area contributed by atoms with Gasteiger partial charge >= 0.3 is 5.97 Å². The fourth-order valence-corrected chi connectivity index (χ4v) is 2.74. The Morgan fingerprint density at radius 2 is 1.95 bits per heavy atom. The molecule has 0 unspecified atom stereocenters. The van der Waals surface area contributed by atoms with Crippen LogP contribution in [0.2, 0.25) is 5.02 Å². The lowest BCUT2D eigenvalue weighted by Crippen LogP contribution is -2.05. The summed E-state index contributed by atoms with van der Waals surface area (Å²) in [7, 11) is 1.36. The second-order valence-electron chi connectivity index (χ2n) is 4.22. The van der Waals surface area contributed by atoms with E-state index in [4.69, 9.17) is 16.3 Å². The Morgan fingerprint density at radius 3 is 2.47 bits per heavy atom. The van der Waals surface area contributed by atoms with Crippen LogP contribution in [-0.2, 0) is 11.3 Å². The lowest BCUT2D eigenvalue weighted by atomic mass is 10.1. The number of hydrogen-bond donors (Lipinski definition) is 0. The first-order valence-electron chi connectivity index (χ1n) is 6.14. The average Bonchev–Trinajstić information content (AvgIpc) is 2.69. The van der Waals surface area contributed by atoms with Gasteiger partial charge in [-0.3, -0.25) is 0 Å². The minimum absolute atomic E-state index is 0.396. The molecule has 0 spiro atoms. The van der Waals surface area contributed by atoms with Crippen molar-refractivity contribution in [2.75, 3.05) is 7.11 Å². The van der Waals surface area contributed by atoms with Gasteiger partial charge in [0.1, 0.15) is 0 Å². The minimum atomic E-state index is -0.396. The number of hydrogen-bond acceptors (Lipinski definition) is 2. The molecule has 1 aromatic heterocycles. The largest absolute Gasteiger partial charge is 0.465 e. The summed E-state index contributed by atoms with van der Waals surface area (Å²) in [6, 6.07) is 9.81. The summed E-state index contributed by atoms with van der Waals surface area (Å²) < 4.78 is 6.84. The molecule has 19 heavy (non-hydrogen) atoms. The molecule has 0 amide bonds. The first-order valence-corrected chi connectivity index (χ1v) is 6.51. The molecule has 100 valence electrons. The highest BCUT2D eigenvalue weighted by Gasteiger charge is 2.24. The van der Waals surface area contributed by atoms with Crippen LogP contribution < -0.4 is 0 Å². The molecule has 0 fully saturated rings. The van der Waals surface area contributed by atoms with Crippen molar-refractivity contribution in [3.8, 4) is 11.3 Å². The molecule has 2 aromatic rings. The van der Waals surface area contributed by atoms with Crippen LogP contribution >= 0.6 is 11.6 Å². The SMILES string of the molecule is CCn1c(C)c(C(=O)OC)c(Cl)c1-c1ccccc1. The fraction of sp³-hybridized carbons (Fsp3) is 0.267. The van der Waals surface area contributed by atoms with Crippen molar-refractivity contribution in [2.45, 2.75) is 20.4 Å². The van der Waals surface area contributed by atoms with Crippen molar-refractivity contribution in [3.63, 3.8) is 0 Å². The van der Waals surface area contributed by atoms with Crippen LogP contribution in [0.3, 0.4) is 0 Å². The Balaban J connectivity index is 2.71. The summed E-state index contributed by atoms with van der Waals surface area (Å²) in [5.74, 6) is -0.396. The van der Waals surface area contributed by atoms with E-state index < -0.39 is 5.97 Å². The van der Waals surface area contributed by atoms with Gasteiger partial charge in [0.05, 0.1) is 23.4 Å². The number of ether oxygens (including phenoxy) is 1. The predicted molar refractivity (Wildman–Crippen MR) is 76.6 cm³/mol. The van der Waals surface area contributed by atoms with Crippen molar-refractivity contribution < 1.29 is 9.53 Å². The van der Waals surface area contributed by atoms with Crippen LogP contribution in [0.25, 0.3) is 11.3 Å².